The predicted molar refractivity (Wildman–Crippen MR) is 134 cm³/mol. The van der Waals surface area contributed by atoms with Gasteiger partial charge in [0, 0.05) is 31.6 Å². The van der Waals surface area contributed by atoms with Crippen molar-refractivity contribution in [3.8, 4) is 0 Å². The van der Waals surface area contributed by atoms with Crippen LogP contribution in [0.1, 0.15) is 39.7 Å². The number of furan rings is 1. The minimum atomic E-state index is -0.217. The molecule has 0 aliphatic heterocycles. The highest BCUT2D eigenvalue weighted by molar-refractivity contribution is 5.97. The van der Waals surface area contributed by atoms with E-state index in [0.717, 1.165) is 22.1 Å². The molecule has 2 rings (SSSR count). The van der Waals surface area contributed by atoms with E-state index in [1.54, 1.807) is 23.3 Å². The lowest BCUT2D eigenvalue weighted by molar-refractivity contribution is -0.141. The van der Waals surface area contributed by atoms with Crippen LogP contribution in [-0.4, -0.2) is 41.2 Å². The number of nitrogens with zero attached hydrogens (tertiary/aromatic N) is 2. The van der Waals surface area contributed by atoms with Crippen LogP contribution < -0.4 is 5.73 Å². The molecule has 0 aliphatic rings. The van der Waals surface area contributed by atoms with Crippen molar-refractivity contribution in [2.45, 2.75) is 40.7 Å². The van der Waals surface area contributed by atoms with Crippen LogP contribution in [0.2, 0.25) is 0 Å². The molecule has 1 heterocycles. The normalized spacial score (nSPS) is 12.1. The summed E-state index contributed by atoms with van der Waals surface area (Å²) in [5.41, 5.74) is 8.18. The zero-order chi connectivity index (χ0) is 24.4. The van der Waals surface area contributed by atoms with Crippen molar-refractivity contribution in [1.29, 1.82) is 0 Å². The van der Waals surface area contributed by atoms with Gasteiger partial charge in [-0.3, -0.25) is 9.59 Å². The van der Waals surface area contributed by atoms with E-state index in [-0.39, 0.29) is 18.2 Å². The molecule has 2 N–H and O–H groups in total. The van der Waals surface area contributed by atoms with Gasteiger partial charge in [-0.15, -0.1) is 0 Å². The van der Waals surface area contributed by atoms with Gasteiger partial charge in [0.2, 0.25) is 11.8 Å². The third-order valence-electron chi connectivity index (χ3n) is 5.08. The number of carbonyl (C=O) groups excluding carboxylic acids is 2. The first-order valence-corrected chi connectivity index (χ1v) is 11.4. The Balaban J connectivity index is 2.26. The number of nitrogens with two attached hydrogens (primary N) is 1. The third kappa shape index (κ3) is 8.29. The quantitative estimate of drug-likeness (QED) is 0.369. The molecule has 0 spiro atoms. The van der Waals surface area contributed by atoms with Crippen molar-refractivity contribution in [3.05, 3.63) is 72.7 Å². The summed E-state index contributed by atoms with van der Waals surface area (Å²) < 4.78 is 5.42. The van der Waals surface area contributed by atoms with E-state index < -0.39 is 0 Å². The Morgan fingerprint density at radius 1 is 1.06 bits per heavy atom. The molecule has 0 saturated carbocycles. The number of amides is 2. The molecule has 1 aromatic heterocycles. The van der Waals surface area contributed by atoms with Gasteiger partial charge >= 0.3 is 0 Å². The molecule has 0 unspecified atom stereocenters. The van der Waals surface area contributed by atoms with Crippen molar-refractivity contribution in [1.82, 2.24) is 9.80 Å². The SMILES string of the molecule is C=C/C=C(\C=C/N)CN(Cc1ccc2occc2c1)C(=O)CC(=O)N(CC(C)C)CC(C)C. The van der Waals surface area contributed by atoms with Gasteiger partial charge in [0.15, 0.2) is 0 Å². The summed E-state index contributed by atoms with van der Waals surface area (Å²) in [7, 11) is 0. The van der Waals surface area contributed by atoms with E-state index in [9.17, 15) is 9.59 Å². The Labute approximate surface area is 197 Å². The lowest BCUT2D eigenvalue weighted by atomic mass is 10.1. The van der Waals surface area contributed by atoms with Crippen LogP contribution in [0.25, 0.3) is 11.0 Å². The molecule has 0 saturated heterocycles. The largest absolute Gasteiger partial charge is 0.464 e. The van der Waals surface area contributed by atoms with Gasteiger partial charge in [0.25, 0.3) is 0 Å². The average molecular weight is 452 g/mol. The van der Waals surface area contributed by atoms with Crippen LogP contribution in [0.4, 0.5) is 0 Å². The lowest BCUT2D eigenvalue weighted by Crippen LogP contribution is -2.41. The van der Waals surface area contributed by atoms with Crippen molar-refractivity contribution in [2.24, 2.45) is 17.6 Å². The molecule has 0 atom stereocenters. The first-order chi connectivity index (χ1) is 15.7. The second kappa shape index (κ2) is 12.7. The fourth-order valence-corrected chi connectivity index (χ4v) is 3.74. The zero-order valence-electron chi connectivity index (χ0n) is 20.3. The smallest absolute Gasteiger partial charge is 0.232 e. The maximum absolute atomic E-state index is 13.3. The first-order valence-electron chi connectivity index (χ1n) is 11.4. The fraction of sp³-hybridized carbons (Fsp3) is 0.407. The number of allylic oxidation sites excluding steroid dienone is 2. The Hall–Kier alpha value is -3.28. The van der Waals surface area contributed by atoms with E-state index in [4.69, 9.17) is 10.2 Å². The molecule has 0 fully saturated rings. The van der Waals surface area contributed by atoms with Crippen molar-refractivity contribution in [2.75, 3.05) is 19.6 Å². The monoisotopic (exact) mass is 451 g/mol. The summed E-state index contributed by atoms with van der Waals surface area (Å²) in [6, 6.07) is 7.73. The van der Waals surface area contributed by atoms with Crippen LogP contribution in [0, 0.1) is 11.8 Å². The fourth-order valence-electron chi connectivity index (χ4n) is 3.74. The molecular formula is C27H37N3O3. The molecule has 0 bridgehead atoms. The molecule has 6 nitrogen and oxygen atoms in total. The van der Waals surface area contributed by atoms with E-state index >= 15 is 0 Å². The second-order valence-electron chi connectivity index (χ2n) is 9.14. The summed E-state index contributed by atoms with van der Waals surface area (Å²) in [5.74, 6) is 0.307. The molecule has 33 heavy (non-hydrogen) atoms. The van der Waals surface area contributed by atoms with Gasteiger partial charge < -0.3 is 20.0 Å². The molecule has 0 aliphatic carbocycles. The highest BCUT2D eigenvalue weighted by atomic mass is 16.3. The molecule has 2 amide bonds. The van der Waals surface area contributed by atoms with Crippen LogP contribution in [0.3, 0.4) is 0 Å². The van der Waals surface area contributed by atoms with E-state index in [1.165, 1.54) is 6.20 Å². The summed E-state index contributed by atoms with van der Waals surface area (Å²) in [5, 5.41) is 0.972. The van der Waals surface area contributed by atoms with Gasteiger partial charge in [-0.25, -0.2) is 0 Å². The van der Waals surface area contributed by atoms with Gasteiger partial charge in [-0.1, -0.05) is 52.5 Å². The van der Waals surface area contributed by atoms with Crippen LogP contribution in [0.5, 0.6) is 0 Å². The number of hydrogen-bond acceptors (Lipinski definition) is 4. The maximum atomic E-state index is 13.3. The molecule has 2 aromatic rings. The average Bonchev–Trinajstić information content (AvgIpc) is 3.20. The molecule has 1 aromatic carbocycles. The standard InChI is InChI=1S/C27H37N3O3/c1-6-7-22(10-12-28)18-30(19-23-8-9-25-24(14-23)11-13-33-25)27(32)15-26(31)29(16-20(2)3)17-21(4)5/h6-14,20-21H,1,15-19,28H2,2-5H3/b12-10-,22-7+. The van der Waals surface area contributed by atoms with Crippen molar-refractivity contribution >= 4 is 22.8 Å². The number of benzene rings is 1. The van der Waals surface area contributed by atoms with Gasteiger partial charge in [0.1, 0.15) is 12.0 Å². The van der Waals surface area contributed by atoms with Crippen LogP contribution in [0.15, 0.2) is 71.5 Å². The zero-order valence-corrected chi connectivity index (χ0v) is 20.3. The van der Waals surface area contributed by atoms with E-state index in [2.05, 4.69) is 34.3 Å². The van der Waals surface area contributed by atoms with Crippen LogP contribution >= 0.6 is 0 Å². The Kier molecular flexibility index (Phi) is 9.98. The summed E-state index contributed by atoms with van der Waals surface area (Å²) in [6.45, 7) is 14.0. The van der Waals surface area contributed by atoms with Gasteiger partial charge in [0.05, 0.1) is 6.26 Å². The Morgan fingerprint density at radius 2 is 1.73 bits per heavy atom. The molecule has 0 radical (unpaired) electrons. The highest BCUT2D eigenvalue weighted by Crippen LogP contribution is 2.19. The minimum Gasteiger partial charge on any atom is -0.464 e. The van der Waals surface area contributed by atoms with E-state index in [1.807, 2.05) is 35.2 Å². The number of fused-ring (bicyclic) bond motifs is 1. The van der Waals surface area contributed by atoms with Crippen LogP contribution in [-0.2, 0) is 16.1 Å². The number of rotatable bonds is 12. The van der Waals surface area contributed by atoms with Gasteiger partial charge in [-0.2, -0.15) is 0 Å². The minimum absolute atomic E-state index is 0.138. The third-order valence-corrected chi connectivity index (χ3v) is 5.08. The van der Waals surface area contributed by atoms with E-state index in [0.29, 0.717) is 38.0 Å². The topological polar surface area (TPSA) is 79.8 Å². The Bertz CT molecular complexity index is 991. The summed E-state index contributed by atoms with van der Waals surface area (Å²) in [6.07, 6.45) is 8.13. The number of carbonyl (C=O) groups is 2. The molecule has 178 valence electrons. The maximum Gasteiger partial charge on any atom is 0.232 e. The van der Waals surface area contributed by atoms with Crippen molar-refractivity contribution in [3.63, 3.8) is 0 Å². The molecule has 6 heteroatoms. The Morgan fingerprint density at radius 3 is 2.33 bits per heavy atom. The summed E-state index contributed by atoms with van der Waals surface area (Å²) >= 11 is 0. The molecular weight excluding hydrogens is 414 g/mol. The highest BCUT2D eigenvalue weighted by Gasteiger charge is 2.23. The van der Waals surface area contributed by atoms with Gasteiger partial charge in [-0.05, 0) is 53.4 Å². The number of hydrogen-bond donors (Lipinski definition) is 1. The first kappa shape index (κ1) is 26.0. The summed E-state index contributed by atoms with van der Waals surface area (Å²) in [4.78, 5) is 29.9. The predicted octanol–water partition coefficient (Wildman–Crippen LogP) is 4.88. The lowest BCUT2D eigenvalue weighted by Gasteiger charge is -2.28. The second-order valence-corrected chi connectivity index (χ2v) is 9.14. The van der Waals surface area contributed by atoms with Crippen molar-refractivity contribution < 1.29 is 14.0 Å².